The van der Waals surface area contributed by atoms with Gasteiger partial charge in [-0.1, -0.05) is 6.92 Å². The summed E-state index contributed by atoms with van der Waals surface area (Å²) in [5.74, 6) is 0.210. The number of methoxy groups -OCH3 is 1. The topological polar surface area (TPSA) is 61.8 Å². The van der Waals surface area contributed by atoms with Crippen LogP contribution >= 0.6 is 0 Å². The first-order valence-electron chi connectivity index (χ1n) is 7.41. The predicted molar refractivity (Wildman–Crippen MR) is 69.9 cm³/mol. The maximum Gasteiger partial charge on any atom is 0.306 e. The SMILES string of the molecule is CO[C@H]1CC[C@]2(C)CC(=O)CC[C@H]3CC(=O)O[C@@H]3[C@H]2O1. The largest absolute Gasteiger partial charge is 0.459 e. The van der Waals surface area contributed by atoms with Crippen molar-refractivity contribution >= 4 is 11.8 Å². The molecule has 2 heterocycles. The molecule has 3 rings (SSSR count). The Morgan fingerprint density at radius 2 is 2.10 bits per heavy atom. The third-order valence-corrected chi connectivity index (χ3v) is 5.05. The summed E-state index contributed by atoms with van der Waals surface area (Å²) in [5.41, 5.74) is -0.250. The molecule has 20 heavy (non-hydrogen) atoms. The summed E-state index contributed by atoms with van der Waals surface area (Å²) in [5, 5.41) is 0. The van der Waals surface area contributed by atoms with Crippen molar-refractivity contribution in [2.24, 2.45) is 11.3 Å². The van der Waals surface area contributed by atoms with E-state index in [1.54, 1.807) is 7.11 Å². The fourth-order valence-corrected chi connectivity index (χ4v) is 3.91. The Hall–Kier alpha value is -0.940. The van der Waals surface area contributed by atoms with Crippen molar-refractivity contribution in [2.75, 3.05) is 7.11 Å². The van der Waals surface area contributed by atoms with Gasteiger partial charge in [-0.25, -0.2) is 0 Å². The number of rotatable bonds is 1. The lowest BCUT2D eigenvalue weighted by molar-refractivity contribution is -0.249. The quantitative estimate of drug-likeness (QED) is 0.687. The van der Waals surface area contributed by atoms with Gasteiger partial charge < -0.3 is 14.2 Å². The number of carbonyl (C=O) groups is 2. The van der Waals surface area contributed by atoms with Gasteiger partial charge in [-0.2, -0.15) is 0 Å². The standard InChI is InChI=1S/C15H22O5/c1-15-6-5-12(18-2)20-14(15)13-9(7-11(17)19-13)3-4-10(16)8-15/h9,12-14H,3-8H2,1-2H3/t9-,12+,13-,14+,15+/m0/s1. The van der Waals surface area contributed by atoms with Gasteiger partial charge >= 0.3 is 5.97 Å². The highest BCUT2D eigenvalue weighted by Gasteiger charge is 2.53. The van der Waals surface area contributed by atoms with Crippen LogP contribution in [0.2, 0.25) is 0 Å². The molecule has 0 unspecified atom stereocenters. The molecule has 1 saturated carbocycles. The molecule has 5 heteroatoms. The van der Waals surface area contributed by atoms with Gasteiger partial charge in [0.05, 0.1) is 6.42 Å². The maximum atomic E-state index is 12.1. The Labute approximate surface area is 118 Å². The second-order valence-electron chi connectivity index (χ2n) is 6.59. The van der Waals surface area contributed by atoms with Crippen molar-refractivity contribution in [3.8, 4) is 0 Å². The molecule has 3 aliphatic rings. The van der Waals surface area contributed by atoms with Crippen LogP contribution in [0, 0.1) is 11.3 Å². The van der Waals surface area contributed by atoms with Crippen molar-refractivity contribution in [1.29, 1.82) is 0 Å². The van der Waals surface area contributed by atoms with E-state index >= 15 is 0 Å². The number of ether oxygens (including phenoxy) is 3. The monoisotopic (exact) mass is 282 g/mol. The van der Waals surface area contributed by atoms with Crippen LogP contribution in [-0.2, 0) is 23.8 Å². The summed E-state index contributed by atoms with van der Waals surface area (Å²) in [7, 11) is 1.62. The van der Waals surface area contributed by atoms with E-state index in [4.69, 9.17) is 14.2 Å². The van der Waals surface area contributed by atoms with Crippen molar-refractivity contribution in [3.05, 3.63) is 0 Å². The smallest absolute Gasteiger partial charge is 0.306 e. The predicted octanol–water partition coefficient (Wildman–Crippen LogP) is 1.83. The van der Waals surface area contributed by atoms with Crippen LogP contribution in [0.1, 0.15) is 45.4 Å². The normalized spacial score (nSPS) is 45.1. The van der Waals surface area contributed by atoms with Crippen molar-refractivity contribution in [3.63, 3.8) is 0 Å². The Kier molecular flexibility index (Phi) is 3.58. The molecule has 0 radical (unpaired) electrons. The van der Waals surface area contributed by atoms with Gasteiger partial charge in [-0.05, 0) is 19.3 Å². The van der Waals surface area contributed by atoms with Crippen LogP contribution < -0.4 is 0 Å². The van der Waals surface area contributed by atoms with E-state index in [0.717, 1.165) is 19.3 Å². The fraction of sp³-hybridized carbons (Fsp3) is 0.867. The molecule has 0 aromatic carbocycles. The molecule has 0 aromatic heterocycles. The van der Waals surface area contributed by atoms with Crippen molar-refractivity contribution in [1.82, 2.24) is 0 Å². The molecular formula is C15H22O5. The summed E-state index contributed by atoms with van der Waals surface area (Å²) in [6.07, 6.45) is 3.12. The number of esters is 1. The van der Waals surface area contributed by atoms with Crippen LogP contribution in [-0.4, -0.2) is 37.4 Å². The second kappa shape index (κ2) is 5.11. The van der Waals surface area contributed by atoms with E-state index in [1.165, 1.54) is 0 Å². The van der Waals surface area contributed by atoms with Crippen molar-refractivity contribution in [2.45, 2.75) is 63.9 Å². The van der Waals surface area contributed by atoms with E-state index < -0.39 is 0 Å². The van der Waals surface area contributed by atoms with Crippen molar-refractivity contribution < 1.29 is 23.8 Å². The molecule has 1 aliphatic carbocycles. The first-order valence-corrected chi connectivity index (χ1v) is 7.41. The van der Waals surface area contributed by atoms with Crippen LogP contribution in [0.5, 0.6) is 0 Å². The Balaban J connectivity index is 1.90. The molecule has 5 atom stereocenters. The molecule has 0 spiro atoms. The maximum absolute atomic E-state index is 12.1. The van der Waals surface area contributed by atoms with Gasteiger partial charge in [-0.3, -0.25) is 9.59 Å². The summed E-state index contributed by atoms with van der Waals surface area (Å²) < 4.78 is 16.9. The van der Waals surface area contributed by atoms with Gasteiger partial charge in [0.1, 0.15) is 18.0 Å². The number of hydrogen-bond acceptors (Lipinski definition) is 5. The van der Waals surface area contributed by atoms with E-state index in [0.29, 0.717) is 19.3 Å². The number of Topliss-reactive ketones (excluding diaryl/α,β-unsaturated/α-hetero) is 1. The lowest BCUT2D eigenvalue weighted by Crippen LogP contribution is -2.53. The Bertz CT molecular complexity index is 420. The van der Waals surface area contributed by atoms with E-state index in [2.05, 4.69) is 6.92 Å². The molecule has 3 fully saturated rings. The zero-order valence-electron chi connectivity index (χ0n) is 12.1. The van der Waals surface area contributed by atoms with Gasteiger partial charge in [0, 0.05) is 31.3 Å². The van der Waals surface area contributed by atoms with Crippen LogP contribution in [0.25, 0.3) is 0 Å². The molecule has 2 saturated heterocycles. The highest BCUT2D eigenvalue weighted by atomic mass is 16.7. The molecule has 112 valence electrons. The van der Waals surface area contributed by atoms with Gasteiger partial charge in [0.2, 0.25) is 0 Å². The molecule has 0 amide bonds. The zero-order valence-corrected chi connectivity index (χ0v) is 12.1. The lowest BCUT2D eigenvalue weighted by Gasteiger charge is -2.47. The third-order valence-electron chi connectivity index (χ3n) is 5.05. The summed E-state index contributed by atoms with van der Waals surface area (Å²) in [6.45, 7) is 2.08. The average molecular weight is 282 g/mol. The van der Waals surface area contributed by atoms with Crippen LogP contribution in [0.3, 0.4) is 0 Å². The van der Waals surface area contributed by atoms with E-state index in [-0.39, 0.29) is 41.6 Å². The van der Waals surface area contributed by atoms with Crippen LogP contribution in [0.4, 0.5) is 0 Å². The second-order valence-corrected chi connectivity index (χ2v) is 6.59. The third kappa shape index (κ3) is 2.37. The summed E-state index contributed by atoms with van der Waals surface area (Å²) in [4.78, 5) is 23.8. The number of fused-ring (bicyclic) bond motifs is 3. The number of ketones is 1. The fourth-order valence-electron chi connectivity index (χ4n) is 3.91. The molecule has 0 N–H and O–H groups in total. The molecule has 2 aliphatic heterocycles. The lowest BCUT2D eigenvalue weighted by atomic mass is 9.68. The van der Waals surface area contributed by atoms with Gasteiger partial charge in [0.15, 0.2) is 6.29 Å². The average Bonchev–Trinajstić information content (AvgIpc) is 2.76. The van der Waals surface area contributed by atoms with E-state index in [1.807, 2.05) is 0 Å². The number of carbonyl (C=O) groups excluding carboxylic acids is 2. The first-order chi connectivity index (χ1) is 9.51. The molecular weight excluding hydrogens is 260 g/mol. The van der Waals surface area contributed by atoms with Gasteiger partial charge in [0.25, 0.3) is 0 Å². The summed E-state index contributed by atoms with van der Waals surface area (Å²) in [6, 6.07) is 0. The minimum absolute atomic E-state index is 0.103. The Morgan fingerprint density at radius 1 is 1.30 bits per heavy atom. The summed E-state index contributed by atoms with van der Waals surface area (Å²) >= 11 is 0. The van der Waals surface area contributed by atoms with Crippen LogP contribution in [0.15, 0.2) is 0 Å². The molecule has 0 aromatic rings. The highest BCUT2D eigenvalue weighted by molar-refractivity contribution is 5.80. The first kappa shape index (κ1) is 14.0. The molecule has 5 nitrogen and oxygen atoms in total. The minimum Gasteiger partial charge on any atom is -0.459 e. The van der Waals surface area contributed by atoms with Gasteiger partial charge in [-0.15, -0.1) is 0 Å². The zero-order chi connectivity index (χ0) is 14.3. The molecule has 0 bridgehead atoms. The van der Waals surface area contributed by atoms with E-state index in [9.17, 15) is 9.59 Å². The highest BCUT2D eigenvalue weighted by Crippen LogP contribution is 2.47. The minimum atomic E-state index is -0.262. The number of hydrogen-bond donors (Lipinski definition) is 0. The Morgan fingerprint density at radius 3 is 2.85 bits per heavy atom.